The lowest BCUT2D eigenvalue weighted by atomic mass is 10.3. The number of aromatic nitrogens is 2. The number of nitrogens with one attached hydrogen (secondary N) is 1. The van der Waals surface area contributed by atoms with Gasteiger partial charge in [-0.1, -0.05) is 18.2 Å². The van der Waals surface area contributed by atoms with Gasteiger partial charge in [0, 0.05) is 11.9 Å². The Morgan fingerprint density at radius 1 is 1.73 bits per heavy atom. The van der Waals surface area contributed by atoms with Crippen molar-refractivity contribution in [1.82, 2.24) is 9.97 Å². The molecule has 2 heteroatoms. The lowest BCUT2D eigenvalue weighted by Gasteiger charge is -1.84. The molecule has 0 atom stereocenters. The van der Waals surface area contributed by atoms with Gasteiger partial charge in [0.15, 0.2) is 0 Å². The Bertz CT molecular complexity index is 282. The molecule has 2 nitrogen and oxygen atoms in total. The molecule has 0 aliphatic carbocycles. The largest absolute Gasteiger partial charge is 0.343 e. The van der Waals surface area contributed by atoms with E-state index in [0.717, 1.165) is 17.1 Å². The van der Waals surface area contributed by atoms with E-state index in [0.29, 0.717) is 0 Å². The molecular formula is C9H12N2. The minimum atomic E-state index is 0.880. The van der Waals surface area contributed by atoms with Crippen molar-refractivity contribution < 1.29 is 0 Å². The fraction of sp³-hybridized carbons (Fsp3) is 0.222. The zero-order valence-electron chi connectivity index (χ0n) is 6.89. The van der Waals surface area contributed by atoms with E-state index in [4.69, 9.17) is 0 Å². The summed E-state index contributed by atoms with van der Waals surface area (Å²) < 4.78 is 0. The van der Waals surface area contributed by atoms with Crippen molar-refractivity contribution in [2.24, 2.45) is 0 Å². The third-order valence-corrected chi connectivity index (χ3v) is 1.25. The number of hydrogen-bond donors (Lipinski definition) is 1. The van der Waals surface area contributed by atoms with Crippen LogP contribution in [-0.4, -0.2) is 9.97 Å². The number of imidazole rings is 1. The molecule has 58 valence electrons. The van der Waals surface area contributed by atoms with Gasteiger partial charge >= 0.3 is 0 Å². The number of rotatable bonds is 2. The molecule has 1 aromatic rings. The summed E-state index contributed by atoms with van der Waals surface area (Å²) in [6, 6.07) is 0. The molecule has 1 N–H and O–H groups in total. The first kappa shape index (κ1) is 7.79. The fourth-order valence-corrected chi connectivity index (χ4v) is 0.739. The Morgan fingerprint density at radius 2 is 2.45 bits per heavy atom. The van der Waals surface area contributed by atoms with Crippen LogP contribution in [0.25, 0.3) is 6.08 Å². The van der Waals surface area contributed by atoms with Crippen LogP contribution in [0.3, 0.4) is 0 Å². The molecule has 0 saturated carbocycles. The van der Waals surface area contributed by atoms with E-state index in [2.05, 4.69) is 16.5 Å². The number of aromatic amines is 1. The molecular weight excluding hydrogens is 136 g/mol. The van der Waals surface area contributed by atoms with Crippen molar-refractivity contribution >= 4 is 6.08 Å². The molecule has 1 rings (SSSR count). The van der Waals surface area contributed by atoms with Crippen molar-refractivity contribution in [2.75, 3.05) is 0 Å². The van der Waals surface area contributed by atoms with Gasteiger partial charge in [0.2, 0.25) is 0 Å². The molecule has 0 aliphatic heterocycles. The predicted octanol–water partition coefficient (Wildman–Crippen LogP) is 2.31. The van der Waals surface area contributed by atoms with Crippen molar-refractivity contribution in [3.05, 3.63) is 35.9 Å². The topological polar surface area (TPSA) is 28.7 Å². The Morgan fingerprint density at radius 3 is 2.91 bits per heavy atom. The second-order valence-electron chi connectivity index (χ2n) is 2.63. The van der Waals surface area contributed by atoms with E-state index in [1.165, 1.54) is 0 Å². The summed E-state index contributed by atoms with van der Waals surface area (Å²) in [5.41, 5.74) is 2.10. The van der Waals surface area contributed by atoms with Crippen LogP contribution in [0, 0.1) is 6.92 Å². The second kappa shape index (κ2) is 3.19. The Labute approximate surface area is 66.7 Å². The first-order chi connectivity index (χ1) is 5.18. The predicted molar refractivity (Wildman–Crippen MR) is 47.2 cm³/mol. The summed E-state index contributed by atoms with van der Waals surface area (Å²) >= 11 is 0. The second-order valence-corrected chi connectivity index (χ2v) is 2.63. The van der Waals surface area contributed by atoms with Crippen LogP contribution in [-0.2, 0) is 0 Å². The summed E-state index contributed by atoms with van der Waals surface area (Å²) in [7, 11) is 0. The zero-order chi connectivity index (χ0) is 8.27. The van der Waals surface area contributed by atoms with E-state index < -0.39 is 0 Å². The van der Waals surface area contributed by atoms with E-state index in [-0.39, 0.29) is 0 Å². The normalized spacial score (nSPS) is 10.7. The fourth-order valence-electron chi connectivity index (χ4n) is 0.739. The molecule has 0 fully saturated rings. The van der Waals surface area contributed by atoms with E-state index in [1.54, 1.807) is 6.20 Å². The summed E-state index contributed by atoms with van der Waals surface area (Å²) in [5, 5.41) is 0. The highest BCUT2D eigenvalue weighted by Gasteiger charge is 1.89. The van der Waals surface area contributed by atoms with E-state index >= 15 is 0 Å². The molecule has 0 unspecified atom stereocenters. The first-order valence-electron chi connectivity index (χ1n) is 3.53. The SMILES string of the molecule is C=C(C)/C=C\c1ncc(C)[nH]1. The minimum Gasteiger partial charge on any atom is -0.343 e. The molecule has 0 aromatic carbocycles. The first-order valence-corrected chi connectivity index (χ1v) is 3.53. The van der Waals surface area contributed by atoms with Crippen molar-refractivity contribution in [3.63, 3.8) is 0 Å². The van der Waals surface area contributed by atoms with Crippen LogP contribution < -0.4 is 0 Å². The molecule has 0 aliphatic rings. The molecule has 1 aromatic heterocycles. The monoisotopic (exact) mass is 148 g/mol. The number of H-pyrrole nitrogens is 1. The number of hydrogen-bond acceptors (Lipinski definition) is 1. The maximum atomic E-state index is 4.10. The quantitative estimate of drug-likeness (QED) is 0.640. The van der Waals surface area contributed by atoms with Crippen LogP contribution in [0.15, 0.2) is 24.4 Å². The molecule has 0 radical (unpaired) electrons. The van der Waals surface area contributed by atoms with Gasteiger partial charge in [-0.25, -0.2) is 4.98 Å². The molecule has 0 spiro atoms. The third-order valence-electron chi connectivity index (χ3n) is 1.25. The Balaban J connectivity index is 2.71. The number of allylic oxidation sites excluding steroid dienone is 2. The lowest BCUT2D eigenvalue weighted by molar-refractivity contribution is 1.22. The van der Waals surface area contributed by atoms with Crippen LogP contribution in [0.2, 0.25) is 0 Å². The van der Waals surface area contributed by atoms with Crippen LogP contribution >= 0.6 is 0 Å². The van der Waals surface area contributed by atoms with Crippen LogP contribution in [0.5, 0.6) is 0 Å². The van der Waals surface area contributed by atoms with E-state index in [9.17, 15) is 0 Å². The highest BCUT2D eigenvalue weighted by atomic mass is 14.9. The third kappa shape index (κ3) is 2.42. The minimum absolute atomic E-state index is 0.880. The van der Waals surface area contributed by atoms with Crippen molar-refractivity contribution in [2.45, 2.75) is 13.8 Å². The van der Waals surface area contributed by atoms with Gasteiger partial charge < -0.3 is 4.98 Å². The van der Waals surface area contributed by atoms with Gasteiger partial charge in [-0.2, -0.15) is 0 Å². The average molecular weight is 148 g/mol. The lowest BCUT2D eigenvalue weighted by Crippen LogP contribution is -1.74. The van der Waals surface area contributed by atoms with Gasteiger partial charge in [-0.15, -0.1) is 0 Å². The Kier molecular flexibility index (Phi) is 2.26. The highest BCUT2D eigenvalue weighted by molar-refractivity contribution is 5.44. The van der Waals surface area contributed by atoms with Gasteiger partial charge in [-0.3, -0.25) is 0 Å². The van der Waals surface area contributed by atoms with Gasteiger partial charge in [-0.05, 0) is 19.9 Å². The summed E-state index contributed by atoms with van der Waals surface area (Å²) in [5.74, 6) is 0.880. The maximum Gasteiger partial charge on any atom is 0.130 e. The van der Waals surface area contributed by atoms with Crippen molar-refractivity contribution in [1.29, 1.82) is 0 Å². The molecule has 11 heavy (non-hydrogen) atoms. The molecule has 0 amide bonds. The highest BCUT2D eigenvalue weighted by Crippen LogP contribution is 1.99. The van der Waals surface area contributed by atoms with Crippen molar-refractivity contribution in [3.8, 4) is 0 Å². The number of nitrogens with zero attached hydrogens (tertiary/aromatic N) is 1. The maximum absolute atomic E-state index is 4.10. The summed E-state index contributed by atoms with van der Waals surface area (Å²) in [4.78, 5) is 7.20. The van der Waals surface area contributed by atoms with E-state index in [1.807, 2.05) is 26.0 Å². The van der Waals surface area contributed by atoms with Crippen LogP contribution in [0.1, 0.15) is 18.4 Å². The van der Waals surface area contributed by atoms with Gasteiger partial charge in [0.25, 0.3) is 0 Å². The van der Waals surface area contributed by atoms with Gasteiger partial charge in [0.1, 0.15) is 5.82 Å². The number of aryl methyl sites for hydroxylation is 1. The molecule has 0 bridgehead atoms. The summed E-state index contributed by atoms with van der Waals surface area (Å²) in [6.45, 7) is 7.68. The van der Waals surface area contributed by atoms with Crippen LogP contribution in [0.4, 0.5) is 0 Å². The standard InChI is InChI=1S/C9H12N2/c1-7(2)4-5-9-10-6-8(3)11-9/h4-6H,1H2,2-3H3,(H,10,11)/b5-4-. The van der Waals surface area contributed by atoms with Gasteiger partial charge in [0.05, 0.1) is 0 Å². The smallest absolute Gasteiger partial charge is 0.130 e. The summed E-state index contributed by atoms with van der Waals surface area (Å²) in [6.07, 6.45) is 5.64. The zero-order valence-corrected chi connectivity index (χ0v) is 6.89. The Hall–Kier alpha value is -1.31. The molecule has 0 saturated heterocycles. The molecule has 1 heterocycles. The average Bonchev–Trinajstić information content (AvgIpc) is 2.31.